The minimum atomic E-state index is -0.339. The van der Waals surface area contributed by atoms with Gasteiger partial charge in [0.05, 0.1) is 12.3 Å². The number of benzene rings is 2. The van der Waals surface area contributed by atoms with Gasteiger partial charge in [0.1, 0.15) is 17.3 Å². The number of aliphatic imine (C=N–C) groups is 1. The lowest BCUT2D eigenvalue weighted by Gasteiger charge is -2.11. The summed E-state index contributed by atoms with van der Waals surface area (Å²) in [5, 5.41) is 4.54. The molecule has 1 N–H and O–H groups in total. The maximum absolute atomic E-state index is 14.0. The van der Waals surface area contributed by atoms with Gasteiger partial charge in [0, 0.05) is 29.1 Å². The van der Waals surface area contributed by atoms with E-state index in [9.17, 15) is 4.39 Å². The fraction of sp³-hybridized carbons (Fsp3) is 0.174. The number of rotatable bonds is 5. The Morgan fingerprint density at radius 1 is 1.03 bits per heavy atom. The molecule has 0 fully saturated rings. The molecule has 0 unspecified atom stereocenters. The molecule has 0 amide bonds. The van der Waals surface area contributed by atoms with Crippen LogP contribution in [-0.2, 0) is 0 Å². The molecule has 0 atom stereocenters. The van der Waals surface area contributed by atoms with Crippen LogP contribution in [0.1, 0.15) is 30.5 Å². The normalized spacial score (nSPS) is 13.1. The molecule has 1 aliphatic rings. The lowest BCUT2D eigenvalue weighted by molar-refractivity contribution is 0.271. The standard InChI is InChI=1S/C23H21FN4O/c1-15(2)14-29-19-8-5-16(6-9-19)22-20-12-18(24)7-10-21(20)26-23(28-27-22)17-4-3-11-25-13-17/h3-13,15H,14H2,1-2H3,(H,26,28). The number of nitrogens with zero attached hydrogens (tertiary/aromatic N) is 3. The molecule has 6 heteroatoms. The summed E-state index contributed by atoms with van der Waals surface area (Å²) in [7, 11) is 0. The first-order valence-electron chi connectivity index (χ1n) is 9.46. The summed E-state index contributed by atoms with van der Waals surface area (Å²) in [6.45, 7) is 4.86. The topological polar surface area (TPSA) is 58.9 Å². The van der Waals surface area contributed by atoms with Gasteiger partial charge in [-0.05, 0) is 60.5 Å². The van der Waals surface area contributed by atoms with Gasteiger partial charge in [-0.3, -0.25) is 10.4 Å². The summed E-state index contributed by atoms with van der Waals surface area (Å²) in [6.07, 6.45) is 3.40. The highest BCUT2D eigenvalue weighted by molar-refractivity contribution is 6.18. The zero-order valence-electron chi connectivity index (χ0n) is 16.3. The van der Waals surface area contributed by atoms with E-state index in [2.05, 4.69) is 34.4 Å². The first-order valence-corrected chi connectivity index (χ1v) is 9.46. The maximum Gasteiger partial charge on any atom is 0.155 e. The van der Waals surface area contributed by atoms with E-state index in [1.165, 1.54) is 12.1 Å². The lowest BCUT2D eigenvalue weighted by Crippen LogP contribution is -2.19. The van der Waals surface area contributed by atoms with Crippen molar-refractivity contribution in [2.75, 3.05) is 6.61 Å². The van der Waals surface area contributed by atoms with Gasteiger partial charge in [-0.15, -0.1) is 0 Å². The van der Waals surface area contributed by atoms with Crippen LogP contribution in [0.15, 0.2) is 77.1 Å². The third kappa shape index (κ3) is 4.32. The zero-order valence-corrected chi connectivity index (χ0v) is 16.3. The van der Waals surface area contributed by atoms with E-state index in [-0.39, 0.29) is 5.82 Å². The number of aromatic nitrogens is 1. The number of pyridine rings is 1. The molecule has 0 saturated carbocycles. The van der Waals surface area contributed by atoms with Gasteiger partial charge >= 0.3 is 0 Å². The highest BCUT2D eigenvalue weighted by Crippen LogP contribution is 2.27. The monoisotopic (exact) mass is 388 g/mol. The Labute approximate surface area is 169 Å². The van der Waals surface area contributed by atoms with Crippen molar-refractivity contribution >= 4 is 17.2 Å². The average molecular weight is 388 g/mol. The van der Waals surface area contributed by atoms with Crippen LogP contribution in [0, 0.1) is 11.7 Å². The largest absolute Gasteiger partial charge is 0.493 e. The van der Waals surface area contributed by atoms with Crippen LogP contribution >= 0.6 is 0 Å². The molecule has 0 radical (unpaired) electrons. The molecule has 0 spiro atoms. The lowest BCUT2D eigenvalue weighted by atomic mass is 10.0. The molecule has 2 heterocycles. The third-order valence-electron chi connectivity index (χ3n) is 4.37. The van der Waals surface area contributed by atoms with E-state index >= 15 is 0 Å². The van der Waals surface area contributed by atoms with Crippen LogP contribution in [0.2, 0.25) is 0 Å². The molecule has 2 aromatic carbocycles. The fourth-order valence-electron chi connectivity index (χ4n) is 2.93. The predicted molar refractivity (Wildman–Crippen MR) is 112 cm³/mol. The van der Waals surface area contributed by atoms with Gasteiger partial charge < -0.3 is 4.74 Å². The maximum atomic E-state index is 14.0. The van der Waals surface area contributed by atoms with Crippen LogP contribution in [-0.4, -0.2) is 23.1 Å². The first-order chi connectivity index (χ1) is 14.1. The number of nitrogens with one attached hydrogen (secondary N) is 1. The second kappa shape index (κ2) is 8.22. The zero-order chi connectivity index (χ0) is 20.2. The number of hydrogen-bond donors (Lipinski definition) is 1. The Morgan fingerprint density at radius 3 is 2.59 bits per heavy atom. The van der Waals surface area contributed by atoms with Crippen molar-refractivity contribution in [1.82, 2.24) is 10.4 Å². The molecule has 3 aromatic rings. The van der Waals surface area contributed by atoms with E-state index < -0.39 is 0 Å². The van der Waals surface area contributed by atoms with Crippen molar-refractivity contribution in [2.24, 2.45) is 16.0 Å². The molecular formula is C23H21FN4O. The fourth-order valence-corrected chi connectivity index (χ4v) is 2.93. The number of amidine groups is 1. The molecule has 146 valence electrons. The quantitative estimate of drug-likeness (QED) is 0.690. The average Bonchev–Trinajstić information content (AvgIpc) is 2.93. The Kier molecular flexibility index (Phi) is 5.33. The van der Waals surface area contributed by atoms with Crippen molar-refractivity contribution in [3.63, 3.8) is 0 Å². The van der Waals surface area contributed by atoms with Gasteiger partial charge in [0.25, 0.3) is 0 Å². The summed E-state index contributed by atoms with van der Waals surface area (Å²) in [6, 6.07) is 15.9. The molecule has 1 aliphatic heterocycles. The first kappa shape index (κ1) is 18.8. The Balaban J connectivity index is 1.71. The number of ether oxygens (including phenoxy) is 1. The van der Waals surface area contributed by atoms with Gasteiger partial charge in [-0.1, -0.05) is 13.8 Å². The summed E-state index contributed by atoms with van der Waals surface area (Å²) >= 11 is 0. The van der Waals surface area contributed by atoms with Gasteiger partial charge in [0.15, 0.2) is 5.84 Å². The van der Waals surface area contributed by atoms with Crippen LogP contribution in [0.3, 0.4) is 0 Å². The highest BCUT2D eigenvalue weighted by atomic mass is 19.1. The third-order valence-corrected chi connectivity index (χ3v) is 4.37. The molecule has 1 aromatic heterocycles. The van der Waals surface area contributed by atoms with E-state index in [1.807, 2.05) is 36.4 Å². The van der Waals surface area contributed by atoms with Crippen LogP contribution in [0.4, 0.5) is 10.1 Å². The van der Waals surface area contributed by atoms with E-state index in [1.54, 1.807) is 18.5 Å². The minimum Gasteiger partial charge on any atom is -0.493 e. The second-order valence-corrected chi connectivity index (χ2v) is 7.17. The van der Waals surface area contributed by atoms with Gasteiger partial charge in [-0.25, -0.2) is 9.38 Å². The molecule has 0 aliphatic carbocycles. The minimum absolute atomic E-state index is 0.339. The Hall–Kier alpha value is -3.54. The summed E-state index contributed by atoms with van der Waals surface area (Å²) in [5.41, 5.74) is 6.51. The van der Waals surface area contributed by atoms with Gasteiger partial charge in [-0.2, -0.15) is 5.10 Å². The highest BCUT2D eigenvalue weighted by Gasteiger charge is 2.18. The van der Waals surface area contributed by atoms with Gasteiger partial charge in [0.2, 0.25) is 0 Å². The molecule has 0 bridgehead atoms. The predicted octanol–water partition coefficient (Wildman–Crippen LogP) is 4.69. The van der Waals surface area contributed by atoms with Crippen LogP contribution < -0.4 is 10.2 Å². The van der Waals surface area contributed by atoms with E-state index in [0.717, 1.165) is 16.9 Å². The Morgan fingerprint density at radius 2 is 1.86 bits per heavy atom. The van der Waals surface area contributed by atoms with E-state index in [4.69, 9.17) is 4.74 Å². The number of fused-ring (bicyclic) bond motifs is 1. The van der Waals surface area contributed by atoms with Crippen molar-refractivity contribution in [3.05, 3.63) is 89.5 Å². The van der Waals surface area contributed by atoms with Crippen LogP contribution in [0.5, 0.6) is 5.75 Å². The summed E-state index contributed by atoms with van der Waals surface area (Å²) < 4.78 is 19.8. The van der Waals surface area contributed by atoms with Crippen molar-refractivity contribution in [1.29, 1.82) is 0 Å². The molecule has 0 saturated heterocycles. The van der Waals surface area contributed by atoms with Crippen LogP contribution in [0.25, 0.3) is 0 Å². The van der Waals surface area contributed by atoms with E-state index in [0.29, 0.717) is 35.3 Å². The second-order valence-electron chi connectivity index (χ2n) is 7.17. The summed E-state index contributed by atoms with van der Waals surface area (Å²) in [4.78, 5) is 8.79. The van der Waals surface area contributed by atoms with Crippen molar-refractivity contribution < 1.29 is 9.13 Å². The Bertz CT molecular complexity index is 1060. The van der Waals surface area contributed by atoms with Crippen molar-refractivity contribution in [3.8, 4) is 5.75 Å². The smallest absolute Gasteiger partial charge is 0.155 e. The summed E-state index contributed by atoms with van der Waals surface area (Å²) in [5.74, 6) is 1.45. The molecular weight excluding hydrogens is 367 g/mol. The molecule has 4 rings (SSSR count). The molecule has 5 nitrogen and oxygen atoms in total. The number of halogens is 1. The number of hydrazone groups is 1. The molecule has 29 heavy (non-hydrogen) atoms. The SMILES string of the molecule is CC(C)COc1ccc(C2=NNC(c3cccnc3)=Nc3ccc(F)cc32)cc1. The number of hydrogen-bond acceptors (Lipinski definition) is 5. The van der Waals surface area contributed by atoms with Crippen molar-refractivity contribution in [2.45, 2.75) is 13.8 Å².